The molecule has 6 nitrogen and oxygen atoms in total. The predicted octanol–water partition coefficient (Wildman–Crippen LogP) is 4.56. The van der Waals surface area contributed by atoms with Crippen molar-refractivity contribution >= 4 is 51.4 Å². The number of piperazine rings is 1. The molecule has 1 aromatic heterocycles. The Balaban J connectivity index is 1.59. The summed E-state index contributed by atoms with van der Waals surface area (Å²) in [5.41, 5.74) is 1.51. The van der Waals surface area contributed by atoms with E-state index in [0.717, 1.165) is 24.4 Å². The van der Waals surface area contributed by atoms with Crippen LogP contribution >= 0.6 is 22.9 Å². The second-order valence-corrected chi connectivity index (χ2v) is 9.48. The third kappa shape index (κ3) is 4.28. The highest BCUT2D eigenvalue weighted by Gasteiger charge is 2.33. The number of carboxylic acids is 1. The van der Waals surface area contributed by atoms with Crippen LogP contribution in [0.3, 0.4) is 0 Å². The van der Waals surface area contributed by atoms with Gasteiger partial charge in [0, 0.05) is 37.1 Å². The smallest absolute Gasteiger partial charge is 0.378 e. The average molecular weight is 471 g/mol. The Morgan fingerprint density at radius 1 is 1.09 bits per heavy atom. The van der Waals surface area contributed by atoms with Crippen LogP contribution in [0.5, 0.6) is 0 Å². The predicted molar refractivity (Wildman–Crippen MR) is 126 cm³/mol. The molecule has 32 heavy (non-hydrogen) atoms. The van der Waals surface area contributed by atoms with Crippen molar-refractivity contribution in [1.82, 2.24) is 9.80 Å². The van der Waals surface area contributed by atoms with Crippen LogP contribution in [0.1, 0.15) is 39.4 Å². The molecule has 0 radical (unpaired) electrons. The minimum Gasteiger partial charge on any atom is -0.475 e. The van der Waals surface area contributed by atoms with Gasteiger partial charge < -0.3 is 10.0 Å². The molecule has 2 heterocycles. The van der Waals surface area contributed by atoms with Crippen LogP contribution in [0.25, 0.3) is 10.8 Å². The van der Waals surface area contributed by atoms with Gasteiger partial charge in [-0.05, 0) is 42.3 Å². The van der Waals surface area contributed by atoms with Gasteiger partial charge in [0.1, 0.15) is 0 Å². The molecule has 1 aliphatic rings. The third-order valence-corrected chi connectivity index (χ3v) is 7.25. The summed E-state index contributed by atoms with van der Waals surface area (Å²) in [6.07, 6.45) is 0. The van der Waals surface area contributed by atoms with Crippen LogP contribution in [0.4, 0.5) is 0 Å². The first kappa shape index (κ1) is 22.5. The standard InChI is InChI=1S/C24H23ClN2O4S/c1-14-11-27(15(2)10-26(14)12-16-6-4-3-5-7-16)23(29)19-9-18-17(8-20(19)25)13-32-22(18)21(28)24(30)31/h3-9,13-15H,10-12H2,1-2H3,(H,30,31)/t14-,15+/m0/s1. The second-order valence-electron chi connectivity index (χ2n) is 8.19. The quantitative estimate of drug-likeness (QED) is 0.437. The first-order chi connectivity index (χ1) is 15.3. The molecular weight excluding hydrogens is 448 g/mol. The van der Waals surface area contributed by atoms with E-state index in [4.69, 9.17) is 16.7 Å². The Hall–Kier alpha value is -2.74. The van der Waals surface area contributed by atoms with Crippen molar-refractivity contribution in [1.29, 1.82) is 0 Å². The minimum absolute atomic E-state index is 0.0308. The lowest BCUT2D eigenvalue weighted by Crippen LogP contribution is -2.57. The van der Waals surface area contributed by atoms with E-state index in [1.54, 1.807) is 17.5 Å². The molecule has 0 spiro atoms. The molecule has 8 heteroatoms. The van der Waals surface area contributed by atoms with Crippen LogP contribution in [-0.4, -0.2) is 57.7 Å². The molecule has 4 rings (SSSR count). The molecule has 1 aliphatic heterocycles. The maximum absolute atomic E-state index is 13.4. The number of carbonyl (C=O) groups is 3. The molecule has 0 aliphatic carbocycles. The number of hydrogen-bond acceptors (Lipinski definition) is 5. The van der Waals surface area contributed by atoms with Crippen LogP contribution in [0.15, 0.2) is 47.8 Å². The van der Waals surface area contributed by atoms with E-state index in [1.807, 2.05) is 30.0 Å². The fourth-order valence-corrected chi connectivity index (χ4v) is 5.37. The average Bonchev–Trinajstić information content (AvgIpc) is 3.17. The fraction of sp³-hybridized carbons (Fsp3) is 0.292. The van der Waals surface area contributed by atoms with Gasteiger partial charge in [-0.3, -0.25) is 14.5 Å². The third-order valence-electron chi connectivity index (χ3n) is 5.92. The summed E-state index contributed by atoms with van der Waals surface area (Å²) >= 11 is 7.48. The van der Waals surface area contributed by atoms with Gasteiger partial charge in [-0.2, -0.15) is 0 Å². The zero-order valence-corrected chi connectivity index (χ0v) is 19.3. The monoisotopic (exact) mass is 470 g/mol. The number of aliphatic carboxylic acids is 1. The van der Waals surface area contributed by atoms with Gasteiger partial charge in [0.25, 0.3) is 11.7 Å². The first-order valence-corrected chi connectivity index (χ1v) is 11.6. The molecular formula is C24H23ClN2O4S. The fourth-order valence-electron chi connectivity index (χ4n) is 4.18. The van der Waals surface area contributed by atoms with Crippen molar-refractivity contribution in [2.75, 3.05) is 13.1 Å². The summed E-state index contributed by atoms with van der Waals surface area (Å²) in [5, 5.41) is 12.2. The van der Waals surface area contributed by atoms with Gasteiger partial charge >= 0.3 is 5.97 Å². The normalized spacial score (nSPS) is 19.3. The van der Waals surface area contributed by atoms with E-state index < -0.39 is 11.8 Å². The number of halogens is 1. The number of Topliss-reactive ketones (excluding diaryl/α,β-unsaturated/α-hetero) is 1. The molecule has 166 valence electrons. The maximum atomic E-state index is 13.4. The largest absolute Gasteiger partial charge is 0.475 e. The summed E-state index contributed by atoms with van der Waals surface area (Å²) in [6, 6.07) is 13.5. The number of ketones is 1. The summed E-state index contributed by atoms with van der Waals surface area (Å²) in [4.78, 5) is 40.9. The SMILES string of the molecule is C[C@@H]1CN(Cc2ccccc2)[C@@H](C)CN1C(=O)c1cc2c(C(=O)C(=O)O)scc2cc1Cl. The Labute approximate surface area is 195 Å². The lowest BCUT2D eigenvalue weighted by molar-refractivity contribution is -0.131. The number of fused-ring (bicyclic) bond motifs is 1. The highest BCUT2D eigenvalue weighted by Crippen LogP contribution is 2.33. The number of amides is 1. The molecule has 2 aromatic carbocycles. The number of nitrogens with zero attached hydrogens (tertiary/aromatic N) is 2. The van der Waals surface area contributed by atoms with Crippen LogP contribution in [0, 0.1) is 0 Å². The van der Waals surface area contributed by atoms with Crippen molar-refractivity contribution in [2.24, 2.45) is 0 Å². The Bertz CT molecular complexity index is 1190. The van der Waals surface area contributed by atoms with E-state index in [-0.39, 0.29) is 28.4 Å². The van der Waals surface area contributed by atoms with E-state index in [0.29, 0.717) is 22.3 Å². The summed E-state index contributed by atoms with van der Waals surface area (Å²) in [6.45, 7) is 6.20. The minimum atomic E-state index is -1.52. The molecule has 1 fully saturated rings. The van der Waals surface area contributed by atoms with Gasteiger partial charge in [-0.15, -0.1) is 11.3 Å². The molecule has 1 N–H and O–H groups in total. The van der Waals surface area contributed by atoms with Gasteiger partial charge in [-0.1, -0.05) is 41.9 Å². The summed E-state index contributed by atoms with van der Waals surface area (Å²) in [7, 11) is 0. The van der Waals surface area contributed by atoms with Gasteiger partial charge in [0.2, 0.25) is 0 Å². The van der Waals surface area contributed by atoms with E-state index in [1.165, 1.54) is 5.56 Å². The van der Waals surface area contributed by atoms with Crippen molar-refractivity contribution in [3.05, 3.63) is 68.9 Å². The molecule has 1 saturated heterocycles. The number of hydrogen-bond donors (Lipinski definition) is 1. The molecule has 0 bridgehead atoms. The van der Waals surface area contributed by atoms with Crippen molar-refractivity contribution in [3.8, 4) is 0 Å². The van der Waals surface area contributed by atoms with Crippen LogP contribution in [-0.2, 0) is 11.3 Å². The van der Waals surface area contributed by atoms with E-state index in [9.17, 15) is 14.4 Å². The topological polar surface area (TPSA) is 77.9 Å². The number of carbonyl (C=O) groups excluding carboxylic acids is 2. The molecule has 3 aromatic rings. The number of rotatable bonds is 5. The highest BCUT2D eigenvalue weighted by molar-refractivity contribution is 7.14. The molecule has 1 amide bonds. The highest BCUT2D eigenvalue weighted by atomic mass is 35.5. The number of thiophene rings is 1. The number of carboxylic acid groups (broad SMARTS) is 1. The van der Waals surface area contributed by atoms with Crippen molar-refractivity contribution in [2.45, 2.75) is 32.5 Å². The first-order valence-electron chi connectivity index (χ1n) is 10.3. The lowest BCUT2D eigenvalue weighted by atomic mass is 10.0. The van der Waals surface area contributed by atoms with Crippen LogP contribution < -0.4 is 0 Å². The zero-order valence-electron chi connectivity index (χ0n) is 17.7. The van der Waals surface area contributed by atoms with Crippen molar-refractivity contribution in [3.63, 3.8) is 0 Å². The Morgan fingerprint density at radius 3 is 2.50 bits per heavy atom. The van der Waals surface area contributed by atoms with E-state index >= 15 is 0 Å². The zero-order chi connectivity index (χ0) is 23.0. The second kappa shape index (κ2) is 9.02. The van der Waals surface area contributed by atoms with Crippen LogP contribution in [0.2, 0.25) is 5.02 Å². The van der Waals surface area contributed by atoms with E-state index in [2.05, 4.69) is 24.0 Å². The van der Waals surface area contributed by atoms with Gasteiger partial charge in [0.05, 0.1) is 15.5 Å². The molecule has 0 unspecified atom stereocenters. The molecule has 0 saturated carbocycles. The van der Waals surface area contributed by atoms with Gasteiger partial charge in [0.15, 0.2) is 0 Å². The Kier molecular flexibility index (Phi) is 6.33. The van der Waals surface area contributed by atoms with Gasteiger partial charge in [-0.25, -0.2) is 4.79 Å². The Morgan fingerprint density at radius 2 is 1.81 bits per heavy atom. The summed E-state index contributed by atoms with van der Waals surface area (Å²) in [5.74, 6) is -2.72. The summed E-state index contributed by atoms with van der Waals surface area (Å²) < 4.78 is 0. The van der Waals surface area contributed by atoms with Crippen molar-refractivity contribution < 1.29 is 19.5 Å². The maximum Gasteiger partial charge on any atom is 0.378 e. The number of benzene rings is 2. The molecule has 2 atom stereocenters. The lowest BCUT2D eigenvalue weighted by Gasteiger charge is -2.44.